The Hall–Kier alpha value is -3.06. The van der Waals surface area contributed by atoms with Crippen LogP contribution in [-0.2, 0) is 9.59 Å². The van der Waals surface area contributed by atoms with Gasteiger partial charge in [-0.25, -0.2) is 0 Å². The molecule has 2 N–H and O–H groups in total. The predicted octanol–water partition coefficient (Wildman–Crippen LogP) is 2.98. The van der Waals surface area contributed by atoms with Gasteiger partial charge in [-0.3, -0.25) is 14.4 Å². The van der Waals surface area contributed by atoms with Crippen molar-refractivity contribution >= 4 is 35.1 Å². The van der Waals surface area contributed by atoms with Crippen molar-refractivity contribution in [2.75, 3.05) is 25.1 Å². The topological polar surface area (TPSA) is 95.9 Å². The van der Waals surface area contributed by atoms with Crippen molar-refractivity contribution in [2.24, 2.45) is 0 Å². The van der Waals surface area contributed by atoms with Gasteiger partial charge in [-0.05, 0) is 42.8 Å². The third-order valence-corrected chi connectivity index (χ3v) is 4.29. The quantitative estimate of drug-likeness (QED) is 0.669. The molecule has 0 aliphatic carbocycles. The molecular formula is C20H21ClN2O5. The zero-order valence-corrected chi connectivity index (χ0v) is 16.1. The first-order valence-electron chi connectivity index (χ1n) is 8.61. The highest BCUT2D eigenvalue weighted by Crippen LogP contribution is 2.24. The summed E-state index contributed by atoms with van der Waals surface area (Å²) in [7, 11) is 1.55. The summed E-state index contributed by atoms with van der Waals surface area (Å²) < 4.78 is 5.15. The molecule has 0 aliphatic rings. The highest BCUT2D eigenvalue weighted by atomic mass is 35.5. The zero-order valence-electron chi connectivity index (χ0n) is 15.4. The molecule has 0 aromatic heterocycles. The van der Waals surface area contributed by atoms with Gasteiger partial charge in [0.2, 0.25) is 5.91 Å². The Balaban J connectivity index is 2.14. The number of carbonyl (C=O) groups is 3. The first-order chi connectivity index (χ1) is 13.4. The van der Waals surface area contributed by atoms with Crippen LogP contribution >= 0.6 is 11.6 Å². The van der Waals surface area contributed by atoms with Gasteiger partial charge in [0.15, 0.2) is 0 Å². The minimum atomic E-state index is -1.11. The third kappa shape index (κ3) is 5.99. The number of hydrogen-bond acceptors (Lipinski definition) is 4. The largest absolute Gasteiger partial charge is 0.497 e. The summed E-state index contributed by atoms with van der Waals surface area (Å²) in [4.78, 5) is 36.8. The van der Waals surface area contributed by atoms with Crippen molar-refractivity contribution in [3.63, 3.8) is 0 Å². The van der Waals surface area contributed by atoms with Crippen LogP contribution in [0.2, 0.25) is 5.02 Å². The minimum Gasteiger partial charge on any atom is -0.497 e. The summed E-state index contributed by atoms with van der Waals surface area (Å²) in [5.74, 6) is -1.13. The molecular weight excluding hydrogens is 384 g/mol. The lowest BCUT2D eigenvalue weighted by atomic mass is 10.1. The average Bonchev–Trinajstić information content (AvgIpc) is 2.70. The van der Waals surface area contributed by atoms with E-state index in [1.165, 1.54) is 4.90 Å². The smallest absolute Gasteiger partial charge is 0.322 e. The number of amides is 2. The van der Waals surface area contributed by atoms with Gasteiger partial charge in [-0.15, -0.1) is 0 Å². The Morgan fingerprint density at radius 3 is 2.39 bits per heavy atom. The maximum Gasteiger partial charge on any atom is 0.322 e. The number of halogens is 1. The van der Waals surface area contributed by atoms with Crippen molar-refractivity contribution in [1.82, 2.24) is 5.32 Å². The summed E-state index contributed by atoms with van der Waals surface area (Å²) in [6.45, 7) is -0.170. The molecule has 0 spiro atoms. The lowest BCUT2D eigenvalue weighted by molar-refractivity contribution is -0.137. The number of carboxylic acid groups (broad SMARTS) is 1. The molecule has 0 unspecified atom stereocenters. The number of carbonyl (C=O) groups excluding carboxylic acids is 2. The van der Waals surface area contributed by atoms with Crippen LogP contribution in [0.1, 0.15) is 23.2 Å². The molecule has 0 fully saturated rings. The molecule has 2 rings (SSSR count). The normalized spacial score (nSPS) is 10.2. The maximum absolute atomic E-state index is 13.0. The minimum absolute atomic E-state index is 0.0930. The van der Waals surface area contributed by atoms with E-state index in [1.807, 2.05) is 0 Å². The van der Waals surface area contributed by atoms with E-state index in [2.05, 4.69) is 5.32 Å². The maximum atomic E-state index is 13.0. The zero-order chi connectivity index (χ0) is 20.5. The standard InChI is InChI=1S/C20H21ClN2O5/c1-28-15-10-8-14(9-11-15)23(12-4-7-18(24)22-13-19(25)26)20(27)16-5-2-3-6-17(16)21/h2-3,5-6,8-11H,4,7,12-13H2,1H3,(H,22,24)(H,25,26). The van der Waals surface area contributed by atoms with Gasteiger partial charge in [0, 0.05) is 18.7 Å². The average molecular weight is 405 g/mol. The molecule has 0 saturated heterocycles. The number of ether oxygens (including phenoxy) is 1. The van der Waals surface area contributed by atoms with Crippen LogP contribution in [0.4, 0.5) is 5.69 Å². The SMILES string of the molecule is COc1ccc(N(CCCC(=O)NCC(=O)O)C(=O)c2ccccc2Cl)cc1. The van der Waals surface area contributed by atoms with Crippen LogP contribution in [0.25, 0.3) is 0 Å². The van der Waals surface area contributed by atoms with Crippen LogP contribution in [0, 0.1) is 0 Å². The summed E-state index contributed by atoms with van der Waals surface area (Å²) >= 11 is 6.17. The molecule has 2 amide bonds. The van der Waals surface area contributed by atoms with Gasteiger partial charge >= 0.3 is 5.97 Å². The van der Waals surface area contributed by atoms with Crippen molar-refractivity contribution in [1.29, 1.82) is 0 Å². The molecule has 0 radical (unpaired) electrons. The molecule has 28 heavy (non-hydrogen) atoms. The first-order valence-corrected chi connectivity index (χ1v) is 8.99. The van der Waals surface area contributed by atoms with Crippen LogP contribution in [-0.4, -0.2) is 43.1 Å². The molecule has 7 nitrogen and oxygen atoms in total. The van der Waals surface area contributed by atoms with Gasteiger partial charge in [-0.2, -0.15) is 0 Å². The fourth-order valence-corrected chi connectivity index (χ4v) is 2.77. The van der Waals surface area contributed by atoms with E-state index in [1.54, 1.807) is 55.6 Å². The van der Waals surface area contributed by atoms with Crippen molar-refractivity contribution in [3.8, 4) is 5.75 Å². The number of benzene rings is 2. The summed E-state index contributed by atoms with van der Waals surface area (Å²) in [6, 6.07) is 13.7. The Morgan fingerprint density at radius 1 is 1.11 bits per heavy atom. The Labute approximate surface area is 167 Å². The number of nitrogens with zero attached hydrogens (tertiary/aromatic N) is 1. The van der Waals surface area contributed by atoms with Gasteiger partial charge < -0.3 is 20.1 Å². The molecule has 0 aliphatic heterocycles. The summed E-state index contributed by atoms with van der Waals surface area (Å²) in [6.07, 6.45) is 0.448. The molecule has 0 saturated carbocycles. The van der Waals surface area contributed by atoms with Crippen LogP contribution in [0.5, 0.6) is 5.75 Å². The molecule has 2 aromatic carbocycles. The van der Waals surface area contributed by atoms with E-state index in [4.69, 9.17) is 21.4 Å². The van der Waals surface area contributed by atoms with Crippen LogP contribution < -0.4 is 15.0 Å². The van der Waals surface area contributed by atoms with Crippen LogP contribution in [0.15, 0.2) is 48.5 Å². The lowest BCUT2D eigenvalue weighted by Gasteiger charge is -2.23. The lowest BCUT2D eigenvalue weighted by Crippen LogP contribution is -2.34. The number of rotatable bonds is 9. The predicted molar refractivity (Wildman–Crippen MR) is 106 cm³/mol. The number of hydrogen-bond donors (Lipinski definition) is 2. The van der Waals surface area contributed by atoms with E-state index in [-0.39, 0.29) is 24.8 Å². The molecule has 0 atom stereocenters. The second kappa shape index (κ2) is 10.3. The van der Waals surface area contributed by atoms with Gasteiger partial charge in [-0.1, -0.05) is 23.7 Å². The monoisotopic (exact) mass is 404 g/mol. The van der Waals surface area contributed by atoms with Crippen LogP contribution in [0.3, 0.4) is 0 Å². The van der Waals surface area contributed by atoms with Gasteiger partial charge in [0.1, 0.15) is 12.3 Å². The van der Waals surface area contributed by atoms with Crippen molar-refractivity contribution < 1.29 is 24.2 Å². The molecule has 0 bridgehead atoms. The third-order valence-electron chi connectivity index (χ3n) is 3.96. The van der Waals surface area contributed by atoms with E-state index in [9.17, 15) is 14.4 Å². The molecule has 8 heteroatoms. The Bertz CT molecular complexity index is 839. The number of anilines is 1. The Morgan fingerprint density at radius 2 is 1.79 bits per heavy atom. The van der Waals surface area contributed by atoms with Crippen molar-refractivity contribution in [2.45, 2.75) is 12.8 Å². The first kappa shape index (κ1) is 21.2. The molecule has 2 aromatic rings. The fourth-order valence-electron chi connectivity index (χ4n) is 2.55. The Kier molecular flexibility index (Phi) is 7.83. The van der Waals surface area contributed by atoms with E-state index in [0.717, 1.165) is 0 Å². The van der Waals surface area contributed by atoms with E-state index in [0.29, 0.717) is 28.4 Å². The van der Waals surface area contributed by atoms with E-state index >= 15 is 0 Å². The highest BCUT2D eigenvalue weighted by Gasteiger charge is 2.20. The van der Waals surface area contributed by atoms with Gasteiger partial charge in [0.05, 0.1) is 17.7 Å². The van der Waals surface area contributed by atoms with E-state index < -0.39 is 12.5 Å². The fraction of sp³-hybridized carbons (Fsp3) is 0.250. The molecule has 148 valence electrons. The second-order valence-corrected chi connectivity index (χ2v) is 6.32. The number of nitrogens with one attached hydrogen (secondary N) is 1. The number of methoxy groups -OCH3 is 1. The second-order valence-electron chi connectivity index (χ2n) is 5.91. The van der Waals surface area contributed by atoms with Crippen molar-refractivity contribution in [3.05, 3.63) is 59.1 Å². The highest BCUT2D eigenvalue weighted by molar-refractivity contribution is 6.34. The molecule has 0 heterocycles. The number of aliphatic carboxylic acids is 1. The number of carboxylic acids is 1. The summed E-state index contributed by atoms with van der Waals surface area (Å²) in [5, 5.41) is 11.2. The summed E-state index contributed by atoms with van der Waals surface area (Å²) in [5.41, 5.74) is 0.993. The van der Waals surface area contributed by atoms with Gasteiger partial charge in [0.25, 0.3) is 5.91 Å².